The minimum atomic E-state index is -0.378. The Labute approximate surface area is 204 Å². The molecule has 34 heavy (non-hydrogen) atoms. The summed E-state index contributed by atoms with van der Waals surface area (Å²) in [5.74, 6) is 1.68. The summed E-state index contributed by atoms with van der Waals surface area (Å²) in [6.45, 7) is 7.20. The van der Waals surface area contributed by atoms with Gasteiger partial charge in [0.15, 0.2) is 0 Å². The first-order valence-corrected chi connectivity index (χ1v) is 12.4. The minimum absolute atomic E-state index is 0.0000462. The second-order valence-electron chi connectivity index (χ2n) is 8.78. The maximum atomic E-state index is 9.23. The quantitative estimate of drug-likeness (QED) is 0.321. The van der Waals surface area contributed by atoms with E-state index in [0.29, 0.717) is 13.2 Å². The van der Waals surface area contributed by atoms with Gasteiger partial charge in [0.05, 0.1) is 13.2 Å². The molecule has 0 heterocycles. The minimum Gasteiger partial charge on any atom is -0.491 e. The molecule has 0 aromatic heterocycles. The standard InChI is InChI=1S/C30H38O4/c1-4-9-23-21-26(13-15-28(23)33-19-17-31)30(3,25-11-7-6-8-12-25)27-14-16-29(34-20-18-32)24(22-27)10-5-2/h6-8,11-16,21-22,31-32H,4-5,9-10,17-20H2,1-3H3. The van der Waals surface area contributed by atoms with E-state index in [1.165, 1.54) is 16.7 Å². The maximum Gasteiger partial charge on any atom is 0.122 e. The van der Waals surface area contributed by atoms with Crippen molar-refractivity contribution in [2.24, 2.45) is 0 Å². The van der Waals surface area contributed by atoms with Gasteiger partial charge < -0.3 is 19.7 Å². The molecule has 0 aliphatic carbocycles. The predicted molar refractivity (Wildman–Crippen MR) is 138 cm³/mol. The highest BCUT2D eigenvalue weighted by Crippen LogP contribution is 2.42. The third-order valence-electron chi connectivity index (χ3n) is 6.36. The highest BCUT2D eigenvalue weighted by atomic mass is 16.5. The van der Waals surface area contributed by atoms with Gasteiger partial charge in [0.2, 0.25) is 0 Å². The lowest BCUT2D eigenvalue weighted by atomic mass is 9.70. The van der Waals surface area contributed by atoms with E-state index in [4.69, 9.17) is 9.47 Å². The van der Waals surface area contributed by atoms with E-state index in [1.54, 1.807) is 0 Å². The summed E-state index contributed by atoms with van der Waals surface area (Å²) in [5, 5.41) is 18.5. The first-order valence-electron chi connectivity index (χ1n) is 12.4. The number of aryl methyl sites for hydroxylation is 2. The lowest BCUT2D eigenvalue weighted by Crippen LogP contribution is -2.26. The Morgan fingerprint density at radius 3 is 1.53 bits per heavy atom. The normalized spacial score (nSPS) is 11.4. The second kappa shape index (κ2) is 12.6. The van der Waals surface area contributed by atoms with Gasteiger partial charge in [-0.05, 0) is 59.7 Å². The van der Waals surface area contributed by atoms with E-state index in [9.17, 15) is 10.2 Å². The molecule has 0 atom stereocenters. The summed E-state index contributed by atoms with van der Waals surface area (Å²) in [6, 6.07) is 23.5. The van der Waals surface area contributed by atoms with Crippen molar-refractivity contribution in [2.45, 2.75) is 51.9 Å². The zero-order valence-electron chi connectivity index (χ0n) is 20.7. The molecule has 3 aromatic carbocycles. The summed E-state index contributed by atoms with van der Waals surface area (Å²) >= 11 is 0. The molecule has 0 aliphatic heterocycles. The van der Waals surface area contributed by atoms with Crippen molar-refractivity contribution in [1.82, 2.24) is 0 Å². The molecule has 4 heteroatoms. The third kappa shape index (κ3) is 5.81. The van der Waals surface area contributed by atoms with E-state index in [-0.39, 0.29) is 18.6 Å². The van der Waals surface area contributed by atoms with Crippen molar-refractivity contribution in [3.8, 4) is 11.5 Å². The van der Waals surface area contributed by atoms with E-state index in [0.717, 1.165) is 48.3 Å². The van der Waals surface area contributed by atoms with Gasteiger partial charge in [0.1, 0.15) is 24.7 Å². The van der Waals surface area contributed by atoms with Crippen molar-refractivity contribution in [1.29, 1.82) is 0 Å². The Balaban J connectivity index is 2.17. The third-order valence-corrected chi connectivity index (χ3v) is 6.36. The maximum absolute atomic E-state index is 9.23. The molecule has 0 unspecified atom stereocenters. The Hall–Kier alpha value is -2.82. The molecule has 0 radical (unpaired) electrons. The lowest BCUT2D eigenvalue weighted by molar-refractivity contribution is 0.200. The molecule has 0 saturated heterocycles. The Bertz CT molecular complexity index is 968. The molecule has 4 nitrogen and oxygen atoms in total. The second-order valence-corrected chi connectivity index (χ2v) is 8.78. The topological polar surface area (TPSA) is 58.9 Å². The molecule has 0 aliphatic rings. The van der Waals surface area contributed by atoms with Crippen molar-refractivity contribution < 1.29 is 19.7 Å². The van der Waals surface area contributed by atoms with Gasteiger partial charge in [-0.15, -0.1) is 0 Å². The predicted octanol–water partition coefficient (Wildman–Crippen LogP) is 5.69. The fourth-order valence-electron chi connectivity index (χ4n) is 4.57. The van der Waals surface area contributed by atoms with Crippen molar-refractivity contribution in [3.63, 3.8) is 0 Å². The van der Waals surface area contributed by atoms with Crippen LogP contribution in [0.2, 0.25) is 0 Å². The Morgan fingerprint density at radius 2 is 1.12 bits per heavy atom. The van der Waals surface area contributed by atoms with E-state index < -0.39 is 0 Å². The molecular weight excluding hydrogens is 424 g/mol. The zero-order chi connectivity index (χ0) is 24.4. The highest BCUT2D eigenvalue weighted by Gasteiger charge is 2.32. The van der Waals surface area contributed by atoms with Crippen LogP contribution in [0.3, 0.4) is 0 Å². The van der Waals surface area contributed by atoms with Crippen LogP contribution in [-0.4, -0.2) is 36.6 Å². The molecular formula is C30H38O4. The van der Waals surface area contributed by atoms with Crippen LogP contribution in [0.4, 0.5) is 0 Å². The molecule has 3 rings (SSSR count). The lowest BCUT2D eigenvalue weighted by Gasteiger charge is -2.33. The highest BCUT2D eigenvalue weighted by molar-refractivity contribution is 5.54. The van der Waals surface area contributed by atoms with Gasteiger partial charge in [0, 0.05) is 5.41 Å². The first-order chi connectivity index (χ1) is 16.6. The number of hydrogen-bond acceptors (Lipinski definition) is 4. The van der Waals surface area contributed by atoms with E-state index in [2.05, 4.69) is 69.3 Å². The largest absolute Gasteiger partial charge is 0.491 e. The van der Waals surface area contributed by atoms with Gasteiger partial charge in [-0.3, -0.25) is 0 Å². The Morgan fingerprint density at radius 1 is 0.647 bits per heavy atom. The Kier molecular flexibility index (Phi) is 9.55. The smallest absolute Gasteiger partial charge is 0.122 e. The summed E-state index contributed by atoms with van der Waals surface area (Å²) in [4.78, 5) is 0. The summed E-state index contributed by atoms with van der Waals surface area (Å²) < 4.78 is 11.7. The van der Waals surface area contributed by atoms with Gasteiger partial charge in [-0.2, -0.15) is 0 Å². The summed E-state index contributed by atoms with van der Waals surface area (Å²) in [7, 11) is 0. The van der Waals surface area contributed by atoms with Crippen LogP contribution in [0.15, 0.2) is 66.7 Å². The van der Waals surface area contributed by atoms with Gasteiger partial charge in [-0.1, -0.05) is 81.3 Å². The number of hydrogen-bond donors (Lipinski definition) is 2. The molecule has 2 N–H and O–H groups in total. The average molecular weight is 463 g/mol. The number of benzene rings is 3. The summed E-state index contributed by atoms with van der Waals surface area (Å²) in [6.07, 6.45) is 3.85. The van der Waals surface area contributed by atoms with Crippen molar-refractivity contribution in [2.75, 3.05) is 26.4 Å². The number of ether oxygens (including phenoxy) is 2. The van der Waals surface area contributed by atoms with Crippen LogP contribution in [0.5, 0.6) is 11.5 Å². The molecule has 0 saturated carbocycles. The fraction of sp³-hybridized carbons (Fsp3) is 0.400. The monoisotopic (exact) mass is 462 g/mol. The van der Waals surface area contributed by atoms with Gasteiger partial charge >= 0.3 is 0 Å². The van der Waals surface area contributed by atoms with Crippen LogP contribution in [0.25, 0.3) is 0 Å². The van der Waals surface area contributed by atoms with Crippen molar-refractivity contribution in [3.05, 3.63) is 94.5 Å². The molecule has 0 amide bonds. The zero-order valence-corrected chi connectivity index (χ0v) is 20.7. The van der Waals surface area contributed by atoms with Gasteiger partial charge in [0.25, 0.3) is 0 Å². The molecule has 182 valence electrons. The van der Waals surface area contributed by atoms with E-state index in [1.807, 2.05) is 18.2 Å². The molecule has 0 spiro atoms. The molecule has 0 bridgehead atoms. The molecule has 0 fully saturated rings. The van der Waals surface area contributed by atoms with Crippen LogP contribution < -0.4 is 9.47 Å². The van der Waals surface area contributed by atoms with Crippen LogP contribution in [0, 0.1) is 0 Å². The SMILES string of the molecule is CCCc1cc(C(C)(c2ccccc2)c2ccc(OCCO)c(CCC)c2)ccc1OCCO. The average Bonchev–Trinajstić information content (AvgIpc) is 2.87. The first kappa shape index (κ1) is 25.8. The van der Waals surface area contributed by atoms with Crippen molar-refractivity contribution >= 4 is 0 Å². The van der Waals surface area contributed by atoms with Crippen LogP contribution in [-0.2, 0) is 18.3 Å². The number of rotatable bonds is 13. The van der Waals surface area contributed by atoms with Crippen LogP contribution >= 0.6 is 0 Å². The summed E-state index contributed by atoms with van der Waals surface area (Å²) in [5.41, 5.74) is 5.56. The number of aliphatic hydroxyl groups is 2. The van der Waals surface area contributed by atoms with Gasteiger partial charge in [-0.25, -0.2) is 0 Å². The molecule has 3 aromatic rings. The fourth-order valence-corrected chi connectivity index (χ4v) is 4.57. The van der Waals surface area contributed by atoms with Crippen LogP contribution in [0.1, 0.15) is 61.4 Å². The number of aliphatic hydroxyl groups excluding tert-OH is 2. The van der Waals surface area contributed by atoms with E-state index >= 15 is 0 Å².